The van der Waals surface area contributed by atoms with E-state index in [4.69, 9.17) is 10.8 Å². The van der Waals surface area contributed by atoms with Gasteiger partial charge >= 0.3 is 5.97 Å². The summed E-state index contributed by atoms with van der Waals surface area (Å²) in [5.74, 6) is -0.815. The van der Waals surface area contributed by atoms with Gasteiger partial charge in [-0.25, -0.2) is 0 Å². The van der Waals surface area contributed by atoms with E-state index < -0.39 is 12.0 Å². The average molecular weight is 194 g/mol. The van der Waals surface area contributed by atoms with Gasteiger partial charge in [-0.2, -0.15) is 12.6 Å². The summed E-state index contributed by atoms with van der Waals surface area (Å²) in [6.07, 6.45) is 0. The fourth-order valence-corrected chi connectivity index (χ4v) is 0.234. The number of rotatable bonds is 2. The largest absolute Gasteiger partial charge is 0.480 e. The SMILES string of the molecule is Cl.N[C@@H](CS)C(=O)O.O.O. The molecule has 0 radical (unpaired) electrons. The van der Waals surface area contributed by atoms with Crippen molar-refractivity contribution >= 4 is 31.0 Å². The van der Waals surface area contributed by atoms with Crippen LogP contribution in [0.5, 0.6) is 0 Å². The minimum Gasteiger partial charge on any atom is -0.480 e. The van der Waals surface area contributed by atoms with Crippen LogP contribution in [0.3, 0.4) is 0 Å². The molecule has 0 saturated heterocycles. The molecule has 0 aliphatic carbocycles. The van der Waals surface area contributed by atoms with Crippen LogP contribution >= 0.6 is 25.0 Å². The molecule has 0 amide bonds. The summed E-state index contributed by atoms with van der Waals surface area (Å²) >= 11 is 3.65. The maximum atomic E-state index is 9.76. The zero-order valence-electron chi connectivity index (χ0n) is 5.07. The minimum atomic E-state index is -1.00. The lowest BCUT2D eigenvalue weighted by Gasteiger charge is -1.96. The lowest BCUT2D eigenvalue weighted by atomic mass is 10.4. The van der Waals surface area contributed by atoms with Crippen molar-refractivity contribution in [2.24, 2.45) is 5.73 Å². The third-order valence-corrected chi connectivity index (χ3v) is 0.907. The van der Waals surface area contributed by atoms with Gasteiger partial charge in [-0.05, 0) is 0 Å². The Morgan fingerprint density at radius 1 is 1.60 bits per heavy atom. The summed E-state index contributed by atoms with van der Waals surface area (Å²) in [5, 5.41) is 8.01. The molecule has 0 rings (SSSR count). The van der Waals surface area contributed by atoms with E-state index >= 15 is 0 Å². The molecule has 0 heterocycles. The van der Waals surface area contributed by atoms with Gasteiger partial charge in [0.05, 0.1) is 0 Å². The second kappa shape index (κ2) is 11.7. The summed E-state index contributed by atoms with van der Waals surface area (Å²) in [6, 6.07) is -0.816. The van der Waals surface area contributed by atoms with Crippen molar-refractivity contribution in [3.63, 3.8) is 0 Å². The molecular weight excluding hydrogens is 182 g/mol. The molecule has 1 atom stereocenters. The molecule has 0 spiro atoms. The molecule has 0 unspecified atom stereocenters. The van der Waals surface area contributed by atoms with E-state index in [1.54, 1.807) is 0 Å². The third-order valence-electron chi connectivity index (χ3n) is 0.514. The molecule has 7 N–H and O–H groups in total. The van der Waals surface area contributed by atoms with Gasteiger partial charge in [0.1, 0.15) is 6.04 Å². The van der Waals surface area contributed by atoms with Crippen LogP contribution in [-0.2, 0) is 4.79 Å². The van der Waals surface area contributed by atoms with Gasteiger partial charge in [0.25, 0.3) is 0 Å². The zero-order valence-corrected chi connectivity index (χ0v) is 6.78. The highest BCUT2D eigenvalue weighted by Gasteiger charge is 2.06. The van der Waals surface area contributed by atoms with Crippen LogP contribution < -0.4 is 5.73 Å². The van der Waals surface area contributed by atoms with E-state index in [-0.39, 0.29) is 29.1 Å². The van der Waals surface area contributed by atoms with Crippen LogP contribution in [-0.4, -0.2) is 33.8 Å². The Hall–Kier alpha value is -0.0100. The predicted molar refractivity (Wildman–Crippen MR) is 43.9 cm³/mol. The van der Waals surface area contributed by atoms with Gasteiger partial charge in [-0.15, -0.1) is 12.4 Å². The monoisotopic (exact) mass is 193 g/mol. The summed E-state index contributed by atoms with van der Waals surface area (Å²) in [7, 11) is 0. The van der Waals surface area contributed by atoms with Crippen molar-refractivity contribution in [1.29, 1.82) is 0 Å². The lowest BCUT2D eigenvalue weighted by molar-refractivity contribution is -0.137. The van der Waals surface area contributed by atoms with Crippen LogP contribution in [0.15, 0.2) is 0 Å². The van der Waals surface area contributed by atoms with Crippen LogP contribution in [0.2, 0.25) is 0 Å². The first-order chi connectivity index (χ1) is 3.18. The molecule has 10 heavy (non-hydrogen) atoms. The third kappa shape index (κ3) is 10.9. The highest BCUT2D eigenvalue weighted by Crippen LogP contribution is 1.80. The van der Waals surface area contributed by atoms with Gasteiger partial charge in [0.15, 0.2) is 0 Å². The van der Waals surface area contributed by atoms with E-state index in [9.17, 15) is 4.79 Å². The van der Waals surface area contributed by atoms with Gasteiger partial charge in [0.2, 0.25) is 0 Å². The first kappa shape index (κ1) is 22.5. The highest BCUT2D eigenvalue weighted by molar-refractivity contribution is 7.80. The van der Waals surface area contributed by atoms with Gasteiger partial charge in [-0.1, -0.05) is 0 Å². The number of hydrogen-bond acceptors (Lipinski definition) is 3. The standard InChI is InChI=1S/C3H7NO2S.ClH.2H2O/c4-2(1-7)3(5)6;;;/h2,7H,1,4H2,(H,5,6);1H;2*1H2/t2-;;;/m0.../s1. The summed E-state index contributed by atoms with van der Waals surface area (Å²) < 4.78 is 0. The number of carboxylic acids is 1. The maximum absolute atomic E-state index is 9.76. The quantitative estimate of drug-likeness (QED) is 0.444. The molecule has 0 aromatic heterocycles. The van der Waals surface area contributed by atoms with Crippen molar-refractivity contribution in [3.05, 3.63) is 0 Å². The molecule has 0 aliphatic heterocycles. The number of thiol groups is 1. The van der Waals surface area contributed by atoms with E-state index in [1.165, 1.54) is 0 Å². The number of nitrogens with two attached hydrogens (primary N) is 1. The summed E-state index contributed by atoms with van der Waals surface area (Å²) in [6.45, 7) is 0. The van der Waals surface area contributed by atoms with Gasteiger partial charge < -0.3 is 21.8 Å². The topological polar surface area (TPSA) is 126 Å². The van der Waals surface area contributed by atoms with Gasteiger partial charge in [0, 0.05) is 5.75 Å². The zero-order chi connectivity index (χ0) is 5.86. The first-order valence-corrected chi connectivity index (χ1v) is 2.41. The van der Waals surface area contributed by atoms with Crippen LogP contribution in [0.25, 0.3) is 0 Å². The molecule has 7 heteroatoms. The number of hydrogen-bond donors (Lipinski definition) is 3. The second-order valence-corrected chi connectivity index (χ2v) is 1.49. The van der Waals surface area contributed by atoms with E-state index in [0.717, 1.165) is 0 Å². The normalized spacial score (nSPS) is 9.40. The number of carbonyl (C=O) groups is 1. The Morgan fingerprint density at radius 3 is 1.90 bits per heavy atom. The molecule has 0 aromatic rings. The predicted octanol–water partition coefficient (Wildman–Crippen LogP) is -1.90. The van der Waals surface area contributed by atoms with E-state index in [1.807, 2.05) is 0 Å². The highest BCUT2D eigenvalue weighted by atomic mass is 35.5. The lowest BCUT2D eigenvalue weighted by Crippen LogP contribution is -2.31. The number of carboxylic acid groups (broad SMARTS) is 1. The number of halogens is 1. The van der Waals surface area contributed by atoms with Crippen LogP contribution in [0.4, 0.5) is 0 Å². The molecule has 0 aromatic carbocycles. The van der Waals surface area contributed by atoms with Crippen LogP contribution in [0, 0.1) is 0 Å². The van der Waals surface area contributed by atoms with E-state index in [0.29, 0.717) is 0 Å². The Balaban J connectivity index is -0.0000000600. The van der Waals surface area contributed by atoms with Crippen molar-refractivity contribution in [2.75, 3.05) is 5.75 Å². The maximum Gasteiger partial charge on any atom is 0.321 e. The Morgan fingerprint density at radius 2 is 1.90 bits per heavy atom. The second-order valence-electron chi connectivity index (χ2n) is 1.13. The molecule has 66 valence electrons. The van der Waals surface area contributed by atoms with E-state index in [2.05, 4.69) is 12.6 Å². The Bertz CT molecular complexity index is 82.9. The van der Waals surface area contributed by atoms with Crippen molar-refractivity contribution in [3.8, 4) is 0 Å². The fourth-order valence-electron chi connectivity index (χ4n) is 0.0781. The van der Waals surface area contributed by atoms with Crippen molar-refractivity contribution in [1.82, 2.24) is 0 Å². The molecule has 0 saturated carbocycles. The molecule has 0 fully saturated rings. The molecule has 0 bridgehead atoms. The first-order valence-electron chi connectivity index (χ1n) is 1.77. The summed E-state index contributed by atoms with van der Waals surface area (Å²) in [4.78, 5) is 9.76. The van der Waals surface area contributed by atoms with Crippen molar-refractivity contribution in [2.45, 2.75) is 6.04 Å². The Labute approximate surface area is 70.0 Å². The minimum absolute atomic E-state index is 0. The fraction of sp³-hybridized carbons (Fsp3) is 0.667. The van der Waals surface area contributed by atoms with Crippen LogP contribution in [0.1, 0.15) is 0 Å². The molecule has 5 nitrogen and oxygen atoms in total. The van der Waals surface area contributed by atoms with Gasteiger partial charge in [-0.3, -0.25) is 4.79 Å². The Kier molecular flexibility index (Phi) is 26.4. The van der Waals surface area contributed by atoms with Crippen molar-refractivity contribution < 1.29 is 20.9 Å². The number of aliphatic carboxylic acids is 1. The molecule has 0 aliphatic rings. The smallest absolute Gasteiger partial charge is 0.321 e. The summed E-state index contributed by atoms with van der Waals surface area (Å²) in [5.41, 5.74) is 4.94. The average Bonchev–Trinajstić information content (AvgIpc) is 1.65. The molecular formula is C3H12ClNO4S.